The van der Waals surface area contributed by atoms with Crippen molar-refractivity contribution in [1.82, 2.24) is 9.71 Å². The summed E-state index contributed by atoms with van der Waals surface area (Å²) in [6.07, 6.45) is 2.30. The summed E-state index contributed by atoms with van der Waals surface area (Å²) in [6.45, 7) is 1.91. The van der Waals surface area contributed by atoms with Gasteiger partial charge in [0.1, 0.15) is 5.01 Å². The Balaban J connectivity index is 2.26. The Labute approximate surface area is 116 Å². The topological polar surface area (TPSA) is 85.1 Å². The first-order chi connectivity index (χ1) is 9.03. The van der Waals surface area contributed by atoms with Gasteiger partial charge in [-0.3, -0.25) is 0 Å². The van der Waals surface area contributed by atoms with Crippen molar-refractivity contribution in [1.29, 1.82) is 0 Å². The Morgan fingerprint density at radius 1 is 1.47 bits per heavy atom. The van der Waals surface area contributed by atoms with E-state index in [1.807, 2.05) is 12.3 Å². The van der Waals surface area contributed by atoms with Gasteiger partial charge in [-0.2, -0.15) is 0 Å². The Kier molecular flexibility index (Phi) is 4.18. The van der Waals surface area contributed by atoms with Crippen LogP contribution in [0.2, 0.25) is 0 Å². The van der Waals surface area contributed by atoms with Crippen molar-refractivity contribution in [3.8, 4) is 0 Å². The molecular formula is C12H15N3O2S2. The second-order valence-electron chi connectivity index (χ2n) is 4.02. The molecule has 1 atom stereocenters. The lowest BCUT2D eigenvalue weighted by atomic mass is 10.3. The van der Waals surface area contributed by atoms with E-state index in [1.165, 1.54) is 23.5 Å². The number of anilines is 1. The van der Waals surface area contributed by atoms with Crippen LogP contribution < -0.4 is 10.5 Å². The molecule has 0 radical (unpaired) electrons. The number of aromatic nitrogens is 1. The molecule has 0 spiro atoms. The molecule has 1 unspecified atom stereocenters. The van der Waals surface area contributed by atoms with Crippen LogP contribution in [0.25, 0.3) is 0 Å². The Morgan fingerprint density at radius 2 is 2.26 bits per heavy atom. The van der Waals surface area contributed by atoms with E-state index in [0.29, 0.717) is 12.1 Å². The van der Waals surface area contributed by atoms with Crippen molar-refractivity contribution < 1.29 is 8.42 Å². The quantitative estimate of drug-likeness (QED) is 0.828. The number of nitrogens with zero attached hydrogens (tertiary/aromatic N) is 1. The van der Waals surface area contributed by atoms with Crippen molar-refractivity contribution in [3.63, 3.8) is 0 Å². The molecule has 0 aliphatic carbocycles. The molecule has 0 fully saturated rings. The maximum absolute atomic E-state index is 12.3. The zero-order valence-corrected chi connectivity index (χ0v) is 12.0. The summed E-state index contributed by atoms with van der Waals surface area (Å²) < 4.78 is 27.2. The average molecular weight is 297 g/mol. The fourth-order valence-corrected chi connectivity index (χ4v) is 3.84. The van der Waals surface area contributed by atoms with Crippen LogP contribution in [0.4, 0.5) is 5.69 Å². The minimum absolute atomic E-state index is 0.169. The van der Waals surface area contributed by atoms with E-state index in [4.69, 9.17) is 5.73 Å². The van der Waals surface area contributed by atoms with Gasteiger partial charge in [-0.15, -0.1) is 11.3 Å². The standard InChI is InChI=1S/C12H15N3O2S2/c1-2-11(12-14-6-7-18-12)15-19(16,17)10-5-3-4-9(13)8-10/h3-8,11,15H,2,13H2,1H3. The van der Waals surface area contributed by atoms with Crippen LogP contribution in [0, 0.1) is 0 Å². The van der Waals surface area contributed by atoms with E-state index in [-0.39, 0.29) is 10.9 Å². The number of rotatable bonds is 5. The normalized spacial score (nSPS) is 13.3. The van der Waals surface area contributed by atoms with E-state index >= 15 is 0 Å². The summed E-state index contributed by atoms with van der Waals surface area (Å²) in [7, 11) is -3.58. The van der Waals surface area contributed by atoms with Crippen LogP contribution in [0.1, 0.15) is 24.4 Å². The van der Waals surface area contributed by atoms with E-state index in [1.54, 1.807) is 18.3 Å². The van der Waals surface area contributed by atoms with Gasteiger partial charge in [0.2, 0.25) is 10.0 Å². The van der Waals surface area contributed by atoms with Crippen LogP contribution in [-0.2, 0) is 10.0 Å². The van der Waals surface area contributed by atoms with E-state index in [2.05, 4.69) is 9.71 Å². The molecule has 0 saturated carbocycles. The van der Waals surface area contributed by atoms with Gasteiger partial charge in [-0.25, -0.2) is 18.1 Å². The smallest absolute Gasteiger partial charge is 0.241 e. The second kappa shape index (κ2) is 5.68. The molecule has 0 saturated heterocycles. The van der Waals surface area contributed by atoms with E-state index in [9.17, 15) is 8.42 Å². The summed E-state index contributed by atoms with van der Waals surface area (Å²) >= 11 is 1.43. The zero-order valence-electron chi connectivity index (χ0n) is 10.4. The molecule has 2 aromatic rings. The Bertz CT molecular complexity index is 639. The molecule has 1 aromatic carbocycles. The number of benzene rings is 1. The second-order valence-corrected chi connectivity index (χ2v) is 6.67. The third-order valence-corrected chi connectivity index (χ3v) is 4.98. The minimum Gasteiger partial charge on any atom is -0.399 e. The third kappa shape index (κ3) is 3.31. The molecule has 0 bridgehead atoms. The average Bonchev–Trinajstić information content (AvgIpc) is 2.90. The summed E-state index contributed by atoms with van der Waals surface area (Å²) in [4.78, 5) is 4.32. The zero-order chi connectivity index (χ0) is 13.9. The van der Waals surface area contributed by atoms with Crippen molar-refractivity contribution in [2.24, 2.45) is 0 Å². The van der Waals surface area contributed by atoms with Crippen molar-refractivity contribution in [3.05, 3.63) is 40.8 Å². The highest BCUT2D eigenvalue weighted by molar-refractivity contribution is 7.89. The van der Waals surface area contributed by atoms with Crippen LogP contribution in [0.15, 0.2) is 40.7 Å². The first kappa shape index (κ1) is 14.0. The fraction of sp³-hybridized carbons (Fsp3) is 0.250. The van der Waals surface area contributed by atoms with Gasteiger partial charge in [0.05, 0.1) is 10.9 Å². The molecule has 7 heteroatoms. The van der Waals surface area contributed by atoms with Crippen LogP contribution in [-0.4, -0.2) is 13.4 Å². The van der Waals surface area contributed by atoms with Crippen molar-refractivity contribution in [2.75, 3.05) is 5.73 Å². The number of nitrogens with one attached hydrogen (secondary N) is 1. The molecule has 2 rings (SSSR count). The minimum atomic E-state index is -3.58. The first-order valence-corrected chi connectivity index (χ1v) is 8.16. The summed E-state index contributed by atoms with van der Waals surface area (Å²) in [5.74, 6) is 0. The lowest BCUT2D eigenvalue weighted by Crippen LogP contribution is -2.28. The molecule has 3 N–H and O–H groups in total. The highest BCUT2D eigenvalue weighted by Gasteiger charge is 2.21. The Hall–Kier alpha value is -1.44. The van der Waals surface area contributed by atoms with Gasteiger partial charge in [0.25, 0.3) is 0 Å². The number of nitrogen functional groups attached to an aromatic ring is 1. The highest BCUT2D eigenvalue weighted by atomic mass is 32.2. The lowest BCUT2D eigenvalue weighted by molar-refractivity contribution is 0.549. The molecule has 19 heavy (non-hydrogen) atoms. The largest absolute Gasteiger partial charge is 0.399 e. The molecule has 0 aliphatic heterocycles. The SMILES string of the molecule is CCC(NS(=O)(=O)c1cccc(N)c1)c1nccs1. The number of thiazole rings is 1. The maximum atomic E-state index is 12.3. The molecule has 5 nitrogen and oxygen atoms in total. The maximum Gasteiger partial charge on any atom is 0.241 e. The van der Waals surface area contributed by atoms with Gasteiger partial charge in [-0.1, -0.05) is 13.0 Å². The first-order valence-electron chi connectivity index (χ1n) is 5.80. The van der Waals surface area contributed by atoms with E-state index in [0.717, 1.165) is 5.01 Å². The van der Waals surface area contributed by atoms with Crippen LogP contribution in [0.3, 0.4) is 0 Å². The van der Waals surface area contributed by atoms with Gasteiger partial charge in [0, 0.05) is 17.3 Å². The van der Waals surface area contributed by atoms with E-state index < -0.39 is 10.0 Å². The molecular weight excluding hydrogens is 282 g/mol. The summed E-state index contributed by atoms with van der Waals surface area (Å²) in [5.41, 5.74) is 6.03. The molecule has 1 heterocycles. The number of sulfonamides is 1. The van der Waals surface area contributed by atoms with Gasteiger partial charge in [-0.05, 0) is 24.6 Å². The monoisotopic (exact) mass is 297 g/mol. The third-order valence-electron chi connectivity index (χ3n) is 2.62. The Morgan fingerprint density at radius 3 is 2.84 bits per heavy atom. The fourth-order valence-electron chi connectivity index (χ4n) is 1.65. The number of nitrogens with two attached hydrogens (primary N) is 1. The predicted molar refractivity (Wildman–Crippen MR) is 76.3 cm³/mol. The molecule has 1 aromatic heterocycles. The van der Waals surface area contributed by atoms with Gasteiger partial charge >= 0.3 is 0 Å². The van der Waals surface area contributed by atoms with Gasteiger partial charge in [0.15, 0.2) is 0 Å². The van der Waals surface area contributed by atoms with Crippen LogP contribution >= 0.6 is 11.3 Å². The van der Waals surface area contributed by atoms with Crippen molar-refractivity contribution >= 4 is 27.0 Å². The molecule has 0 aliphatic rings. The summed E-state index contributed by atoms with van der Waals surface area (Å²) in [5, 5.41) is 2.59. The molecule has 102 valence electrons. The number of hydrogen-bond acceptors (Lipinski definition) is 5. The predicted octanol–water partition coefficient (Wildman–Crippen LogP) is 2.15. The van der Waals surface area contributed by atoms with Gasteiger partial charge < -0.3 is 5.73 Å². The molecule has 0 amide bonds. The summed E-state index contributed by atoms with van der Waals surface area (Å²) in [6, 6.07) is 5.92. The van der Waals surface area contributed by atoms with Crippen LogP contribution in [0.5, 0.6) is 0 Å². The number of hydrogen-bond donors (Lipinski definition) is 2. The lowest BCUT2D eigenvalue weighted by Gasteiger charge is -2.14. The van der Waals surface area contributed by atoms with Crippen molar-refractivity contribution in [2.45, 2.75) is 24.3 Å². The highest BCUT2D eigenvalue weighted by Crippen LogP contribution is 2.22.